The molecule has 1 aromatic heterocycles. The molecule has 0 aliphatic carbocycles. The first kappa shape index (κ1) is 18.3. The number of nitrogens with zero attached hydrogens (tertiary/aromatic N) is 3. The summed E-state index contributed by atoms with van der Waals surface area (Å²) in [7, 11) is 1.62. The molecule has 0 atom stereocenters. The maximum absolute atomic E-state index is 12.8. The molecule has 5 nitrogen and oxygen atoms in total. The van der Waals surface area contributed by atoms with Gasteiger partial charge in [-0.25, -0.2) is 4.68 Å². The van der Waals surface area contributed by atoms with E-state index in [2.05, 4.69) is 42.5 Å². The summed E-state index contributed by atoms with van der Waals surface area (Å²) in [4.78, 5) is 14.7. The lowest BCUT2D eigenvalue weighted by molar-refractivity contribution is 0.0712. The van der Waals surface area contributed by atoms with Gasteiger partial charge in [-0.2, -0.15) is 5.10 Å². The highest BCUT2D eigenvalue weighted by atomic mass is 16.5. The van der Waals surface area contributed by atoms with Gasteiger partial charge in [-0.3, -0.25) is 4.79 Å². The zero-order valence-corrected chi connectivity index (χ0v) is 16.3. The summed E-state index contributed by atoms with van der Waals surface area (Å²) >= 11 is 0. The minimum absolute atomic E-state index is 0.0767. The molecule has 0 unspecified atom stereocenters. The maximum Gasteiger partial charge on any atom is 0.253 e. The van der Waals surface area contributed by atoms with Crippen LogP contribution in [0.5, 0.6) is 5.75 Å². The minimum Gasteiger partial charge on any atom is -0.497 e. The fraction of sp³-hybridized carbons (Fsp3) is 0.304. The van der Waals surface area contributed by atoms with E-state index in [9.17, 15) is 4.79 Å². The molecule has 0 N–H and O–H groups in total. The van der Waals surface area contributed by atoms with Crippen LogP contribution in [0.2, 0.25) is 0 Å². The number of piperidine rings is 1. The standard InChI is InChI=1S/C23H25N3O2/c1-17-5-3-7-21(13-17)26-16-20(15-24-26)18-9-11-25(12-10-18)23(27)19-6-4-8-22(14-19)28-2/h3-8,13-16,18H,9-12H2,1-2H3. The third-order valence-electron chi connectivity index (χ3n) is 5.44. The van der Waals surface area contributed by atoms with Gasteiger partial charge in [0.1, 0.15) is 5.75 Å². The van der Waals surface area contributed by atoms with Crippen molar-refractivity contribution in [2.45, 2.75) is 25.7 Å². The lowest BCUT2D eigenvalue weighted by atomic mass is 9.91. The molecule has 5 heteroatoms. The fourth-order valence-electron chi connectivity index (χ4n) is 3.81. The lowest BCUT2D eigenvalue weighted by Gasteiger charge is -2.31. The normalized spacial score (nSPS) is 14.9. The third-order valence-corrected chi connectivity index (χ3v) is 5.44. The van der Waals surface area contributed by atoms with Crippen molar-refractivity contribution in [2.24, 2.45) is 0 Å². The van der Waals surface area contributed by atoms with E-state index in [1.54, 1.807) is 13.2 Å². The predicted molar refractivity (Wildman–Crippen MR) is 109 cm³/mol. The van der Waals surface area contributed by atoms with Crippen LogP contribution in [0.3, 0.4) is 0 Å². The van der Waals surface area contributed by atoms with Crippen LogP contribution in [-0.4, -0.2) is 40.8 Å². The van der Waals surface area contributed by atoms with Gasteiger partial charge < -0.3 is 9.64 Å². The van der Waals surface area contributed by atoms with Crippen molar-refractivity contribution in [1.29, 1.82) is 0 Å². The van der Waals surface area contributed by atoms with Crippen LogP contribution >= 0.6 is 0 Å². The average Bonchev–Trinajstić information content (AvgIpc) is 3.24. The van der Waals surface area contributed by atoms with Gasteiger partial charge in [0.25, 0.3) is 5.91 Å². The number of aromatic nitrogens is 2. The van der Waals surface area contributed by atoms with Crippen LogP contribution in [0.1, 0.15) is 40.2 Å². The first-order valence-corrected chi connectivity index (χ1v) is 9.69. The summed E-state index contributed by atoms with van der Waals surface area (Å²) in [6.07, 6.45) is 6.00. The zero-order chi connectivity index (χ0) is 19.5. The molecule has 1 saturated heterocycles. The van der Waals surface area contributed by atoms with Crippen molar-refractivity contribution >= 4 is 5.91 Å². The topological polar surface area (TPSA) is 47.4 Å². The molecule has 2 heterocycles. The highest BCUT2D eigenvalue weighted by molar-refractivity contribution is 5.94. The fourth-order valence-corrected chi connectivity index (χ4v) is 3.81. The number of amides is 1. The van der Waals surface area contributed by atoms with Crippen LogP contribution in [0.15, 0.2) is 60.9 Å². The molecule has 28 heavy (non-hydrogen) atoms. The van der Waals surface area contributed by atoms with Crippen LogP contribution in [0.4, 0.5) is 0 Å². The van der Waals surface area contributed by atoms with Gasteiger partial charge in [-0.05, 0) is 67.1 Å². The summed E-state index contributed by atoms with van der Waals surface area (Å²) in [5.41, 5.74) is 4.23. The smallest absolute Gasteiger partial charge is 0.253 e. The quantitative estimate of drug-likeness (QED) is 0.686. The Morgan fingerprint density at radius 2 is 1.89 bits per heavy atom. The van der Waals surface area contributed by atoms with E-state index in [0.29, 0.717) is 17.2 Å². The highest BCUT2D eigenvalue weighted by Gasteiger charge is 2.25. The molecule has 0 bridgehead atoms. The zero-order valence-electron chi connectivity index (χ0n) is 16.3. The number of hydrogen-bond acceptors (Lipinski definition) is 3. The van der Waals surface area contributed by atoms with Gasteiger partial charge in [0.15, 0.2) is 0 Å². The van der Waals surface area contributed by atoms with E-state index < -0.39 is 0 Å². The van der Waals surface area contributed by atoms with Crippen molar-refractivity contribution in [1.82, 2.24) is 14.7 Å². The summed E-state index contributed by atoms with van der Waals surface area (Å²) < 4.78 is 7.17. The maximum atomic E-state index is 12.8. The molecular formula is C23H25N3O2. The molecule has 0 saturated carbocycles. The molecule has 0 spiro atoms. The molecule has 1 aliphatic heterocycles. The number of methoxy groups -OCH3 is 1. The van der Waals surface area contributed by atoms with Crippen molar-refractivity contribution in [2.75, 3.05) is 20.2 Å². The van der Waals surface area contributed by atoms with E-state index in [0.717, 1.165) is 31.6 Å². The summed E-state index contributed by atoms with van der Waals surface area (Å²) in [6.45, 7) is 3.61. The van der Waals surface area contributed by atoms with Crippen molar-refractivity contribution in [3.63, 3.8) is 0 Å². The molecule has 144 valence electrons. The highest BCUT2D eigenvalue weighted by Crippen LogP contribution is 2.29. The number of likely N-dealkylation sites (tertiary alicyclic amines) is 1. The second-order valence-corrected chi connectivity index (χ2v) is 7.36. The second kappa shape index (κ2) is 7.89. The van der Waals surface area contributed by atoms with Gasteiger partial charge in [-0.15, -0.1) is 0 Å². The predicted octanol–water partition coefficient (Wildman–Crippen LogP) is 4.21. The Balaban J connectivity index is 1.41. The first-order chi connectivity index (χ1) is 13.6. The molecule has 0 radical (unpaired) electrons. The Labute approximate surface area is 165 Å². The Kier molecular flexibility index (Phi) is 5.15. The average molecular weight is 375 g/mol. The van der Waals surface area contributed by atoms with E-state index in [1.807, 2.05) is 34.0 Å². The van der Waals surface area contributed by atoms with Gasteiger partial charge in [0.05, 0.1) is 19.0 Å². The monoisotopic (exact) mass is 375 g/mol. The second-order valence-electron chi connectivity index (χ2n) is 7.36. The van der Waals surface area contributed by atoms with Crippen molar-refractivity contribution in [3.05, 3.63) is 77.6 Å². The number of ether oxygens (including phenoxy) is 1. The first-order valence-electron chi connectivity index (χ1n) is 9.69. The van der Waals surface area contributed by atoms with Crippen molar-refractivity contribution in [3.8, 4) is 11.4 Å². The SMILES string of the molecule is COc1cccc(C(=O)N2CCC(c3cnn(-c4cccc(C)c4)c3)CC2)c1. The van der Waals surface area contributed by atoms with E-state index in [1.165, 1.54) is 11.1 Å². The number of hydrogen-bond donors (Lipinski definition) is 0. The number of benzene rings is 2. The molecule has 1 aliphatic rings. The van der Waals surface area contributed by atoms with E-state index in [4.69, 9.17) is 4.74 Å². The Bertz CT molecular complexity index is 971. The summed E-state index contributed by atoms with van der Waals surface area (Å²) in [5.74, 6) is 1.23. The number of carbonyl (C=O) groups excluding carboxylic acids is 1. The largest absolute Gasteiger partial charge is 0.497 e. The van der Waals surface area contributed by atoms with Gasteiger partial charge in [0.2, 0.25) is 0 Å². The summed E-state index contributed by atoms with van der Waals surface area (Å²) in [5, 5.41) is 4.55. The third kappa shape index (κ3) is 3.79. The van der Waals surface area contributed by atoms with Crippen LogP contribution in [-0.2, 0) is 0 Å². The van der Waals surface area contributed by atoms with Gasteiger partial charge in [-0.1, -0.05) is 18.2 Å². The van der Waals surface area contributed by atoms with Crippen LogP contribution in [0, 0.1) is 6.92 Å². The van der Waals surface area contributed by atoms with E-state index >= 15 is 0 Å². The molecule has 3 aromatic rings. The molecule has 1 fully saturated rings. The lowest BCUT2D eigenvalue weighted by Crippen LogP contribution is -2.37. The number of rotatable bonds is 4. The van der Waals surface area contributed by atoms with Gasteiger partial charge >= 0.3 is 0 Å². The molecular weight excluding hydrogens is 350 g/mol. The Morgan fingerprint density at radius 1 is 1.11 bits per heavy atom. The summed E-state index contributed by atoms with van der Waals surface area (Å²) in [6, 6.07) is 15.7. The molecule has 2 aromatic carbocycles. The van der Waals surface area contributed by atoms with Crippen LogP contribution < -0.4 is 4.74 Å². The molecule has 1 amide bonds. The van der Waals surface area contributed by atoms with E-state index in [-0.39, 0.29) is 5.91 Å². The number of aryl methyl sites for hydroxylation is 1. The number of carbonyl (C=O) groups is 1. The minimum atomic E-state index is 0.0767. The van der Waals surface area contributed by atoms with Gasteiger partial charge in [0, 0.05) is 24.8 Å². The van der Waals surface area contributed by atoms with Crippen LogP contribution in [0.25, 0.3) is 5.69 Å². The Morgan fingerprint density at radius 3 is 2.64 bits per heavy atom. The Hall–Kier alpha value is -3.08. The van der Waals surface area contributed by atoms with Crippen molar-refractivity contribution < 1.29 is 9.53 Å². The molecule has 4 rings (SSSR count).